The Labute approximate surface area is 278 Å². The predicted octanol–water partition coefficient (Wildman–Crippen LogP) is 0.554. The van der Waals surface area contributed by atoms with Gasteiger partial charge in [0.25, 0.3) is 5.91 Å². The number of carbonyl (C=O) groups excluding carboxylic acids is 6. The zero-order valence-electron chi connectivity index (χ0n) is 27.6. The van der Waals surface area contributed by atoms with Gasteiger partial charge in [0, 0.05) is 12.6 Å². The molecule has 47 heavy (non-hydrogen) atoms. The Morgan fingerprint density at radius 2 is 1.60 bits per heavy atom. The van der Waals surface area contributed by atoms with Crippen molar-refractivity contribution in [2.24, 2.45) is 5.92 Å². The molecule has 1 aliphatic rings. The lowest BCUT2D eigenvalue weighted by Crippen LogP contribution is -2.60. The maximum Gasteiger partial charge on any atom is 0.276 e. The summed E-state index contributed by atoms with van der Waals surface area (Å²) in [5.74, 6) is -2.95. The second-order valence-electron chi connectivity index (χ2n) is 12.0. The van der Waals surface area contributed by atoms with E-state index in [0.29, 0.717) is 11.5 Å². The van der Waals surface area contributed by atoms with Gasteiger partial charge in [-0.1, -0.05) is 49.3 Å². The molecule has 6 amide bonds. The van der Waals surface area contributed by atoms with E-state index < -0.39 is 72.2 Å². The van der Waals surface area contributed by atoms with Gasteiger partial charge < -0.3 is 36.0 Å². The molecule has 0 saturated carbocycles. The Kier molecular flexibility index (Phi) is 13.8. The topological polar surface area (TPSA) is 192 Å². The summed E-state index contributed by atoms with van der Waals surface area (Å²) in [5, 5.41) is 17.4. The summed E-state index contributed by atoms with van der Waals surface area (Å²) in [7, 11) is 0. The van der Waals surface area contributed by atoms with E-state index in [2.05, 4.69) is 31.7 Å². The Balaban J connectivity index is 2.00. The highest BCUT2D eigenvalue weighted by Crippen LogP contribution is 2.12. The maximum atomic E-state index is 13.6. The molecular weight excluding hydrogens is 626 g/mol. The molecule has 1 fully saturated rings. The number of rotatable bonds is 7. The number of benzene rings is 1. The molecule has 1 aliphatic heterocycles. The van der Waals surface area contributed by atoms with Gasteiger partial charge in [0.15, 0.2) is 5.69 Å². The second-order valence-corrected chi connectivity index (χ2v) is 13.0. The van der Waals surface area contributed by atoms with E-state index in [1.165, 1.54) is 36.6 Å². The van der Waals surface area contributed by atoms with E-state index in [4.69, 9.17) is 4.52 Å². The number of hydrogen-bond donors (Lipinski definition) is 5. The average molecular weight is 672 g/mol. The Morgan fingerprint density at radius 3 is 2.21 bits per heavy atom. The van der Waals surface area contributed by atoms with E-state index in [1.807, 2.05) is 36.6 Å². The third-order valence-electron chi connectivity index (χ3n) is 7.59. The number of aromatic nitrogens is 1. The molecule has 0 aliphatic carbocycles. The van der Waals surface area contributed by atoms with Gasteiger partial charge in [0.05, 0.1) is 12.6 Å². The molecule has 15 heteroatoms. The van der Waals surface area contributed by atoms with Crippen LogP contribution in [-0.4, -0.2) is 101 Å². The van der Waals surface area contributed by atoms with Crippen molar-refractivity contribution in [2.75, 3.05) is 25.1 Å². The molecule has 256 valence electrons. The number of thioether (sulfide) groups is 1. The number of aryl methyl sites for hydroxylation is 1. The van der Waals surface area contributed by atoms with Crippen LogP contribution >= 0.6 is 11.8 Å². The van der Waals surface area contributed by atoms with Gasteiger partial charge in [-0.2, -0.15) is 11.8 Å². The standard InChI is InChI=1S/C32H45N7O7S/c1-18(2)27-31(44)36-24(12-13-47-6)30(43)34-21(5)28(41)35-23(15-22-10-8-7-9-11-22)16-39(32(45)25-14-19(3)46-38-25)17-26(40)33-20(4)29(42)37-27/h7-11,14,18,20-21,23-24,27H,12-13,15-17H2,1-6H3,(H,33,40)(H,34,43)(H,35,41)(H,36,44)(H,37,42)/t20-,21+,23-,24+,27+/m1/s1. The SMILES string of the molecule is CSCC[C@@H]1NC(=O)[C@H](C(C)C)NC(=O)[C@@H](C)NC(=O)CN(C(=O)c2cc(C)on2)C[C@@H](Cc2ccccc2)NC(=O)[C@H](C)NC1=O. The minimum Gasteiger partial charge on any atom is -0.361 e. The van der Waals surface area contributed by atoms with Gasteiger partial charge in [-0.3, -0.25) is 28.8 Å². The molecule has 5 N–H and O–H groups in total. The third kappa shape index (κ3) is 11.1. The summed E-state index contributed by atoms with van der Waals surface area (Å²) in [6, 6.07) is 5.93. The zero-order valence-corrected chi connectivity index (χ0v) is 28.4. The first-order valence-corrected chi connectivity index (χ1v) is 16.9. The molecule has 1 aromatic heterocycles. The van der Waals surface area contributed by atoms with E-state index in [-0.39, 0.29) is 31.0 Å². The van der Waals surface area contributed by atoms with Gasteiger partial charge in [0.1, 0.15) is 29.9 Å². The summed E-state index contributed by atoms with van der Waals surface area (Å²) < 4.78 is 5.09. The highest BCUT2D eigenvalue weighted by molar-refractivity contribution is 7.98. The minimum atomic E-state index is -1.07. The molecule has 5 atom stereocenters. The van der Waals surface area contributed by atoms with Crippen molar-refractivity contribution in [1.29, 1.82) is 0 Å². The smallest absolute Gasteiger partial charge is 0.276 e. The number of nitrogens with zero attached hydrogens (tertiary/aromatic N) is 2. The summed E-state index contributed by atoms with van der Waals surface area (Å²) in [4.78, 5) is 81.5. The maximum absolute atomic E-state index is 13.6. The van der Waals surface area contributed by atoms with Crippen LogP contribution in [-0.2, 0) is 30.4 Å². The summed E-state index contributed by atoms with van der Waals surface area (Å²) in [6.45, 7) is 7.51. The van der Waals surface area contributed by atoms with Crippen LogP contribution in [0.3, 0.4) is 0 Å². The lowest BCUT2D eigenvalue weighted by atomic mass is 10.0. The summed E-state index contributed by atoms with van der Waals surface area (Å²) in [6.07, 6.45) is 2.44. The fourth-order valence-corrected chi connectivity index (χ4v) is 5.46. The predicted molar refractivity (Wildman–Crippen MR) is 176 cm³/mol. The van der Waals surface area contributed by atoms with Crippen LogP contribution in [0, 0.1) is 12.8 Å². The van der Waals surface area contributed by atoms with E-state index in [0.717, 1.165) is 5.56 Å². The van der Waals surface area contributed by atoms with Gasteiger partial charge in [-0.05, 0) is 57.1 Å². The van der Waals surface area contributed by atoms with Crippen LogP contribution in [0.15, 0.2) is 40.9 Å². The lowest BCUT2D eigenvalue weighted by molar-refractivity contribution is -0.135. The van der Waals surface area contributed by atoms with Crippen molar-refractivity contribution >= 4 is 47.2 Å². The van der Waals surface area contributed by atoms with Crippen LogP contribution in [0.25, 0.3) is 0 Å². The van der Waals surface area contributed by atoms with Crippen molar-refractivity contribution in [3.05, 3.63) is 53.4 Å². The average Bonchev–Trinajstić information content (AvgIpc) is 3.46. The molecule has 1 aromatic carbocycles. The largest absolute Gasteiger partial charge is 0.361 e. The molecule has 1 saturated heterocycles. The van der Waals surface area contributed by atoms with Crippen LogP contribution < -0.4 is 26.6 Å². The highest BCUT2D eigenvalue weighted by atomic mass is 32.2. The molecule has 14 nitrogen and oxygen atoms in total. The lowest BCUT2D eigenvalue weighted by Gasteiger charge is -2.30. The highest BCUT2D eigenvalue weighted by Gasteiger charge is 2.33. The fourth-order valence-electron chi connectivity index (χ4n) is 4.99. The van der Waals surface area contributed by atoms with Crippen molar-refractivity contribution in [2.45, 2.75) is 77.7 Å². The quantitative estimate of drug-likeness (QED) is 0.280. The van der Waals surface area contributed by atoms with Gasteiger partial charge >= 0.3 is 0 Å². The summed E-state index contributed by atoms with van der Waals surface area (Å²) >= 11 is 1.49. The van der Waals surface area contributed by atoms with Crippen LogP contribution in [0.2, 0.25) is 0 Å². The van der Waals surface area contributed by atoms with Crippen LogP contribution in [0.4, 0.5) is 0 Å². The zero-order chi connectivity index (χ0) is 34.7. The van der Waals surface area contributed by atoms with Crippen molar-refractivity contribution in [3.63, 3.8) is 0 Å². The van der Waals surface area contributed by atoms with Gasteiger partial charge in [0.2, 0.25) is 29.5 Å². The number of amides is 6. The Morgan fingerprint density at radius 1 is 0.936 bits per heavy atom. The first-order valence-electron chi connectivity index (χ1n) is 15.5. The third-order valence-corrected chi connectivity index (χ3v) is 8.24. The first kappa shape index (κ1) is 37.1. The van der Waals surface area contributed by atoms with E-state index in [1.54, 1.807) is 20.8 Å². The van der Waals surface area contributed by atoms with E-state index >= 15 is 0 Å². The van der Waals surface area contributed by atoms with Crippen molar-refractivity contribution in [3.8, 4) is 0 Å². The van der Waals surface area contributed by atoms with E-state index in [9.17, 15) is 28.8 Å². The molecule has 0 bridgehead atoms. The number of nitrogens with one attached hydrogen (secondary N) is 5. The van der Waals surface area contributed by atoms with Crippen LogP contribution in [0.5, 0.6) is 0 Å². The molecule has 0 spiro atoms. The van der Waals surface area contributed by atoms with Crippen LogP contribution in [0.1, 0.15) is 55.9 Å². The summed E-state index contributed by atoms with van der Waals surface area (Å²) in [5.41, 5.74) is 0.825. The van der Waals surface area contributed by atoms with Crippen molar-refractivity contribution < 1.29 is 33.3 Å². The monoisotopic (exact) mass is 671 g/mol. The Hall–Kier alpha value is -4.40. The first-order chi connectivity index (χ1) is 22.3. The normalized spacial score (nSPS) is 23.9. The number of hydrogen-bond acceptors (Lipinski definition) is 9. The molecule has 0 radical (unpaired) electrons. The molecule has 0 unspecified atom stereocenters. The van der Waals surface area contributed by atoms with Gasteiger partial charge in [-0.25, -0.2) is 0 Å². The molecular formula is C32H45N7O7S. The second kappa shape index (κ2) is 17.5. The molecule has 2 aromatic rings. The Bertz CT molecular complexity index is 1420. The van der Waals surface area contributed by atoms with Gasteiger partial charge in [-0.15, -0.1) is 0 Å². The molecule has 2 heterocycles. The van der Waals surface area contributed by atoms with Crippen molar-refractivity contribution in [1.82, 2.24) is 36.6 Å². The number of carbonyl (C=O) groups is 6. The minimum absolute atomic E-state index is 0.0317. The fraction of sp³-hybridized carbons (Fsp3) is 0.531. The molecule has 3 rings (SSSR count).